The molecule has 1 aliphatic carbocycles. The van der Waals surface area contributed by atoms with Crippen LogP contribution in [0.1, 0.15) is 34.4 Å². The molecular weight excluding hydrogens is 368 g/mol. The molecule has 2 unspecified atom stereocenters. The molecule has 144 valence electrons. The van der Waals surface area contributed by atoms with Crippen LogP contribution >= 0.6 is 12.8 Å². The van der Waals surface area contributed by atoms with E-state index in [-0.39, 0.29) is 0 Å². The fourth-order valence-electron chi connectivity index (χ4n) is 5.10. The Morgan fingerprint density at radius 2 is 1.21 bits per heavy atom. The van der Waals surface area contributed by atoms with Crippen LogP contribution in [0.25, 0.3) is 21.8 Å². The lowest BCUT2D eigenvalue weighted by molar-refractivity contribution is -0.535. The highest BCUT2D eigenvalue weighted by Gasteiger charge is 2.42. The molecule has 1 fully saturated rings. The Kier molecular flexibility index (Phi) is 3.92. The third-order valence-electron chi connectivity index (χ3n) is 6.66. The van der Waals surface area contributed by atoms with Crippen LogP contribution in [0, 0.1) is 13.8 Å². The van der Waals surface area contributed by atoms with Gasteiger partial charge in [-0.25, -0.2) is 0 Å². The van der Waals surface area contributed by atoms with Crippen molar-refractivity contribution in [3.8, 4) is 0 Å². The highest BCUT2D eigenvalue weighted by molar-refractivity contribution is 7.78. The molecule has 0 radical (unpaired) electrons. The Balaban J connectivity index is 1.63. The standard InChI is InChI=1S/C23H22N2O2S/c1-12-18(14-8-4-6-10-16(14)24(12)3)20-22(26)21(23(20)27)19-13(2)25(28)17-11-7-5-9-15(17)19/h4-11,20-23,28H,1-3H3/q-2. The first-order valence-corrected chi connectivity index (χ1v) is 9.98. The molecule has 2 aromatic heterocycles. The van der Waals surface area contributed by atoms with Gasteiger partial charge in [0.25, 0.3) is 0 Å². The van der Waals surface area contributed by atoms with E-state index in [1.807, 2.05) is 69.4 Å². The maximum absolute atomic E-state index is 13.4. The van der Waals surface area contributed by atoms with Gasteiger partial charge in [-0.3, -0.25) is 3.97 Å². The minimum absolute atomic E-state index is 0.516. The first kappa shape index (κ1) is 17.9. The van der Waals surface area contributed by atoms with Gasteiger partial charge in [-0.15, -0.1) is 12.2 Å². The number of aryl methyl sites for hydroxylation is 1. The molecule has 4 aromatic rings. The van der Waals surface area contributed by atoms with E-state index in [0.29, 0.717) is 0 Å². The van der Waals surface area contributed by atoms with Crippen molar-refractivity contribution < 1.29 is 10.2 Å². The Labute approximate surface area is 169 Å². The third kappa shape index (κ3) is 2.15. The highest BCUT2D eigenvalue weighted by atomic mass is 32.1. The lowest BCUT2D eigenvalue weighted by atomic mass is 9.62. The van der Waals surface area contributed by atoms with Gasteiger partial charge in [0.1, 0.15) is 0 Å². The van der Waals surface area contributed by atoms with Crippen LogP contribution in [0.15, 0.2) is 48.5 Å². The van der Waals surface area contributed by atoms with Crippen molar-refractivity contribution in [2.45, 2.75) is 37.9 Å². The number of fused-ring (bicyclic) bond motifs is 2. The van der Waals surface area contributed by atoms with E-state index in [1.54, 1.807) is 3.97 Å². The van der Waals surface area contributed by atoms with E-state index in [2.05, 4.69) is 17.4 Å². The van der Waals surface area contributed by atoms with Gasteiger partial charge in [0, 0.05) is 34.7 Å². The second kappa shape index (κ2) is 6.14. The predicted molar refractivity (Wildman–Crippen MR) is 112 cm³/mol. The fraction of sp³-hybridized carbons (Fsp3) is 0.304. The normalized spacial score (nSPS) is 24.8. The van der Waals surface area contributed by atoms with Crippen LogP contribution in [0.3, 0.4) is 0 Å². The lowest BCUT2D eigenvalue weighted by Crippen LogP contribution is -2.63. The van der Waals surface area contributed by atoms with Crippen molar-refractivity contribution in [3.05, 3.63) is 71.0 Å². The summed E-state index contributed by atoms with van der Waals surface area (Å²) in [5.74, 6) is -1.06. The summed E-state index contributed by atoms with van der Waals surface area (Å²) in [6.07, 6.45) is -1.91. The Bertz CT molecular complexity index is 1120. The molecule has 0 saturated heterocycles. The van der Waals surface area contributed by atoms with Gasteiger partial charge in [0.15, 0.2) is 0 Å². The Morgan fingerprint density at radius 3 is 1.82 bits per heavy atom. The molecule has 5 heteroatoms. The molecule has 4 nitrogen and oxygen atoms in total. The second-order valence-electron chi connectivity index (χ2n) is 7.88. The molecule has 2 atom stereocenters. The zero-order valence-electron chi connectivity index (χ0n) is 16.1. The van der Waals surface area contributed by atoms with Crippen LogP contribution in [0.4, 0.5) is 0 Å². The topological polar surface area (TPSA) is 56.0 Å². The Hall–Kier alpha value is -2.21. The summed E-state index contributed by atoms with van der Waals surface area (Å²) in [5.41, 5.74) is 5.73. The number of rotatable bonds is 2. The molecule has 2 aromatic carbocycles. The van der Waals surface area contributed by atoms with Gasteiger partial charge in [0.05, 0.1) is 5.52 Å². The van der Waals surface area contributed by atoms with Crippen molar-refractivity contribution in [3.63, 3.8) is 0 Å². The molecule has 1 saturated carbocycles. The van der Waals surface area contributed by atoms with Crippen molar-refractivity contribution in [2.75, 3.05) is 0 Å². The minimum atomic E-state index is -0.954. The van der Waals surface area contributed by atoms with Gasteiger partial charge in [-0.1, -0.05) is 49.2 Å². The molecule has 0 bridgehead atoms. The van der Waals surface area contributed by atoms with Crippen LogP contribution in [0.5, 0.6) is 0 Å². The molecule has 5 rings (SSSR count). The first-order valence-electron chi connectivity index (χ1n) is 9.58. The number of hydrogen-bond acceptors (Lipinski definition) is 3. The zero-order chi connectivity index (χ0) is 19.7. The SMILES string of the molecule is Cc1c(C2C([O-])C(c3c(C)n(S)c4ccccc34)C2[O-])c2ccccc2n1C. The molecule has 0 amide bonds. The molecule has 0 N–H and O–H groups in total. The van der Waals surface area contributed by atoms with Gasteiger partial charge in [0.2, 0.25) is 0 Å². The highest BCUT2D eigenvalue weighted by Crippen LogP contribution is 2.51. The van der Waals surface area contributed by atoms with Crippen molar-refractivity contribution >= 4 is 34.6 Å². The monoisotopic (exact) mass is 390 g/mol. The quantitative estimate of drug-likeness (QED) is 0.535. The average molecular weight is 391 g/mol. The Morgan fingerprint density at radius 1 is 0.750 bits per heavy atom. The molecular formula is C23H22N2O2S-2. The molecule has 0 spiro atoms. The van der Waals surface area contributed by atoms with E-state index in [1.165, 1.54) is 0 Å². The largest absolute Gasteiger partial charge is 0.851 e. The van der Waals surface area contributed by atoms with Crippen molar-refractivity contribution in [1.29, 1.82) is 0 Å². The number of nitrogens with zero attached hydrogens (tertiary/aromatic N) is 2. The molecule has 0 aliphatic heterocycles. The summed E-state index contributed by atoms with van der Waals surface area (Å²) in [7, 11) is 2.00. The lowest BCUT2D eigenvalue weighted by Gasteiger charge is -2.62. The summed E-state index contributed by atoms with van der Waals surface area (Å²) < 4.78 is 3.88. The third-order valence-corrected chi connectivity index (χ3v) is 7.18. The van der Waals surface area contributed by atoms with Gasteiger partial charge < -0.3 is 14.8 Å². The van der Waals surface area contributed by atoms with E-state index >= 15 is 0 Å². The summed E-state index contributed by atoms with van der Waals surface area (Å²) in [5, 5.41) is 28.8. The van der Waals surface area contributed by atoms with E-state index in [4.69, 9.17) is 0 Å². The zero-order valence-corrected chi connectivity index (χ0v) is 17.0. The first-order chi connectivity index (χ1) is 13.4. The van der Waals surface area contributed by atoms with Crippen molar-refractivity contribution in [2.24, 2.45) is 7.05 Å². The molecule has 28 heavy (non-hydrogen) atoms. The summed E-state index contributed by atoms with van der Waals surface area (Å²) >= 11 is 4.57. The number of benzene rings is 2. The van der Waals surface area contributed by atoms with Crippen LogP contribution in [-0.4, -0.2) is 20.7 Å². The van der Waals surface area contributed by atoms with Crippen LogP contribution < -0.4 is 10.2 Å². The number of thiol groups is 1. The minimum Gasteiger partial charge on any atom is -0.851 e. The number of aromatic nitrogens is 2. The van der Waals surface area contributed by atoms with Gasteiger partial charge in [-0.2, -0.15) is 0 Å². The maximum atomic E-state index is 13.4. The fourth-order valence-corrected chi connectivity index (χ4v) is 5.38. The van der Waals surface area contributed by atoms with Crippen LogP contribution in [-0.2, 0) is 7.05 Å². The molecule has 2 heterocycles. The van der Waals surface area contributed by atoms with E-state index < -0.39 is 24.0 Å². The van der Waals surface area contributed by atoms with Gasteiger partial charge in [-0.05, 0) is 48.9 Å². The van der Waals surface area contributed by atoms with E-state index in [9.17, 15) is 10.2 Å². The maximum Gasteiger partial charge on any atom is 0.0594 e. The summed E-state index contributed by atoms with van der Waals surface area (Å²) in [6, 6.07) is 15.9. The van der Waals surface area contributed by atoms with Crippen LogP contribution in [0.2, 0.25) is 0 Å². The smallest absolute Gasteiger partial charge is 0.0594 e. The summed E-state index contributed by atoms with van der Waals surface area (Å²) in [4.78, 5) is 0. The average Bonchev–Trinajstić information content (AvgIpc) is 3.10. The van der Waals surface area contributed by atoms with E-state index in [0.717, 1.165) is 44.3 Å². The number of para-hydroxylation sites is 2. The van der Waals surface area contributed by atoms with Gasteiger partial charge >= 0.3 is 0 Å². The van der Waals surface area contributed by atoms with Crippen molar-refractivity contribution in [1.82, 2.24) is 8.54 Å². The molecule has 1 aliphatic rings. The second-order valence-corrected chi connectivity index (χ2v) is 8.28. The summed E-state index contributed by atoms with van der Waals surface area (Å²) in [6.45, 7) is 3.95. The number of hydrogen-bond donors (Lipinski definition) is 1. The predicted octanol–water partition coefficient (Wildman–Crippen LogP) is 2.78.